The molecule has 0 spiro atoms. The van der Waals surface area contributed by atoms with E-state index >= 15 is 0 Å². The number of nitrogens with two attached hydrogens (primary N) is 1. The van der Waals surface area contributed by atoms with Crippen LogP contribution >= 0.6 is 0 Å². The Labute approximate surface area is 160 Å². The minimum atomic E-state index is -0.295. The van der Waals surface area contributed by atoms with Gasteiger partial charge in [-0.1, -0.05) is 20.3 Å². The minimum Gasteiger partial charge on any atom is -0.378 e. The van der Waals surface area contributed by atoms with Gasteiger partial charge in [0.1, 0.15) is 5.78 Å². The monoisotopic (exact) mass is 371 g/mol. The predicted molar refractivity (Wildman–Crippen MR) is 106 cm³/mol. The summed E-state index contributed by atoms with van der Waals surface area (Å²) >= 11 is 0. The molecule has 5 nitrogen and oxygen atoms in total. The van der Waals surface area contributed by atoms with Gasteiger partial charge in [0.25, 0.3) is 0 Å². The largest absolute Gasteiger partial charge is 0.378 e. The van der Waals surface area contributed by atoms with Gasteiger partial charge < -0.3 is 15.2 Å². The molecule has 0 aromatic heterocycles. The Hall–Kier alpha value is -0.940. The van der Waals surface area contributed by atoms with Crippen LogP contribution in [0.3, 0.4) is 0 Å². The number of carbonyl (C=O) groups is 2. The Bertz CT molecular complexity index is 412. The molecule has 1 amide bonds. The van der Waals surface area contributed by atoms with Crippen LogP contribution in [-0.4, -0.2) is 36.6 Å². The van der Waals surface area contributed by atoms with Crippen molar-refractivity contribution in [3.8, 4) is 0 Å². The molecule has 1 unspecified atom stereocenters. The molecule has 154 valence electrons. The molecule has 0 heterocycles. The zero-order chi connectivity index (χ0) is 19.5. The Morgan fingerprint density at radius 1 is 1.04 bits per heavy atom. The number of Topliss-reactive ketones (excluding diaryl/α,β-unsaturated/α-hetero) is 1. The van der Waals surface area contributed by atoms with E-state index in [2.05, 4.69) is 20.8 Å². The van der Waals surface area contributed by atoms with E-state index in [9.17, 15) is 9.59 Å². The predicted octanol–water partition coefficient (Wildman–Crippen LogP) is 4.26. The van der Waals surface area contributed by atoms with Gasteiger partial charge >= 0.3 is 0 Å². The van der Waals surface area contributed by atoms with Crippen LogP contribution in [0, 0.1) is 11.8 Å². The molecule has 0 bridgehead atoms. The second kappa shape index (κ2) is 12.4. The van der Waals surface area contributed by atoms with Crippen LogP contribution in [0.4, 0.5) is 0 Å². The number of ether oxygens (including phenoxy) is 2. The molecule has 2 N–H and O–H groups in total. The average molecular weight is 372 g/mol. The van der Waals surface area contributed by atoms with Crippen molar-refractivity contribution in [2.75, 3.05) is 6.61 Å². The molecule has 0 saturated heterocycles. The topological polar surface area (TPSA) is 78.6 Å². The summed E-state index contributed by atoms with van der Waals surface area (Å²) in [6, 6.07) is 0. The van der Waals surface area contributed by atoms with Crippen LogP contribution in [0.5, 0.6) is 0 Å². The average Bonchev–Trinajstić information content (AvgIpc) is 2.54. The maximum Gasteiger partial charge on any atom is 0.219 e. The first-order chi connectivity index (χ1) is 12.3. The highest BCUT2D eigenvalue weighted by molar-refractivity contribution is 5.83. The van der Waals surface area contributed by atoms with Crippen molar-refractivity contribution >= 4 is 11.7 Å². The van der Waals surface area contributed by atoms with Gasteiger partial charge in [-0.15, -0.1) is 0 Å². The van der Waals surface area contributed by atoms with Gasteiger partial charge in [0.2, 0.25) is 5.91 Å². The zero-order valence-electron chi connectivity index (χ0n) is 17.2. The molecular formula is C21H41NO4. The quantitative estimate of drug-likeness (QED) is 0.657. The number of ketones is 1. The lowest BCUT2D eigenvalue weighted by Gasteiger charge is -2.29. The highest BCUT2D eigenvalue weighted by Gasteiger charge is 2.27. The third-order valence-electron chi connectivity index (χ3n) is 5.39. The van der Waals surface area contributed by atoms with Crippen LogP contribution in [0.2, 0.25) is 0 Å². The third kappa shape index (κ3) is 9.13. The van der Waals surface area contributed by atoms with E-state index in [4.69, 9.17) is 15.2 Å². The van der Waals surface area contributed by atoms with Gasteiger partial charge in [0.05, 0.1) is 24.9 Å². The standard InChI is InChI=1S/C12H23NO3.C9H16O.H2/c1-9(2)16-11-5-3-10(4-6-11)15-8-7-12(13)14;1-3-7(2)9(10)8-5-4-6-8;/h9-11H,3-8H2,1-2H3,(H2,13,14);7-8H,3-6H2,1-2H3;1H. The van der Waals surface area contributed by atoms with Crippen LogP contribution in [0.25, 0.3) is 0 Å². The number of amides is 1. The van der Waals surface area contributed by atoms with E-state index in [1.807, 2.05) is 6.92 Å². The molecule has 2 rings (SSSR count). The molecule has 2 aliphatic carbocycles. The smallest absolute Gasteiger partial charge is 0.219 e. The summed E-state index contributed by atoms with van der Waals surface area (Å²) in [5.74, 6) is 0.964. The molecule has 1 atom stereocenters. The van der Waals surface area contributed by atoms with Gasteiger partial charge in [0, 0.05) is 19.7 Å². The molecule has 2 aliphatic rings. The first kappa shape index (κ1) is 23.1. The van der Waals surface area contributed by atoms with Crippen molar-refractivity contribution in [1.82, 2.24) is 0 Å². The van der Waals surface area contributed by atoms with Gasteiger partial charge in [0.15, 0.2) is 0 Å². The first-order valence-electron chi connectivity index (χ1n) is 10.4. The van der Waals surface area contributed by atoms with E-state index in [0.717, 1.165) is 44.9 Å². The fourth-order valence-corrected chi connectivity index (χ4v) is 3.34. The highest BCUT2D eigenvalue weighted by Crippen LogP contribution is 2.30. The summed E-state index contributed by atoms with van der Waals surface area (Å²) in [7, 11) is 0. The van der Waals surface area contributed by atoms with E-state index < -0.39 is 0 Å². The van der Waals surface area contributed by atoms with Crippen LogP contribution in [0.1, 0.15) is 86.9 Å². The van der Waals surface area contributed by atoms with Crippen molar-refractivity contribution in [3.05, 3.63) is 0 Å². The normalized spacial score (nSPS) is 24.3. The minimum absolute atomic E-state index is 0. The number of hydrogen-bond donors (Lipinski definition) is 1. The van der Waals surface area contributed by atoms with Gasteiger partial charge in [-0.05, 0) is 58.8 Å². The SMILES string of the molecule is CC(C)OC1CCC(OCCC(N)=O)CC1.CCC(C)C(=O)C1CCC1.[HH]. The Morgan fingerprint density at radius 3 is 2.04 bits per heavy atom. The number of hydrogen-bond acceptors (Lipinski definition) is 4. The van der Waals surface area contributed by atoms with Crippen LogP contribution in [0.15, 0.2) is 0 Å². The van der Waals surface area contributed by atoms with Gasteiger partial charge in [-0.2, -0.15) is 0 Å². The fraction of sp³-hybridized carbons (Fsp3) is 0.905. The zero-order valence-corrected chi connectivity index (χ0v) is 17.2. The summed E-state index contributed by atoms with van der Waals surface area (Å²) in [6.07, 6.45) is 10.0. The maximum atomic E-state index is 11.4. The number of primary amides is 1. The van der Waals surface area contributed by atoms with E-state index in [1.165, 1.54) is 6.42 Å². The van der Waals surface area contributed by atoms with Crippen LogP contribution < -0.4 is 5.73 Å². The lowest BCUT2D eigenvalue weighted by molar-refractivity contribution is -0.128. The van der Waals surface area contributed by atoms with E-state index in [1.54, 1.807) is 0 Å². The van der Waals surface area contributed by atoms with Gasteiger partial charge in [-0.3, -0.25) is 9.59 Å². The second-order valence-electron chi connectivity index (χ2n) is 8.01. The maximum absolute atomic E-state index is 11.4. The molecule has 2 saturated carbocycles. The molecule has 5 heteroatoms. The molecular weight excluding hydrogens is 330 g/mol. The Kier molecular flexibility index (Phi) is 11.1. The van der Waals surface area contributed by atoms with Crippen molar-refractivity contribution in [2.45, 2.75) is 104 Å². The van der Waals surface area contributed by atoms with Crippen molar-refractivity contribution in [1.29, 1.82) is 0 Å². The highest BCUT2D eigenvalue weighted by atomic mass is 16.5. The lowest BCUT2D eigenvalue weighted by Crippen LogP contribution is -2.29. The Balaban J connectivity index is 0.000000531. The van der Waals surface area contributed by atoms with E-state index in [-0.39, 0.29) is 13.4 Å². The molecule has 0 aromatic carbocycles. The summed E-state index contributed by atoms with van der Waals surface area (Å²) in [4.78, 5) is 21.9. The van der Waals surface area contributed by atoms with Crippen molar-refractivity contribution in [2.24, 2.45) is 17.6 Å². The molecule has 26 heavy (non-hydrogen) atoms. The summed E-state index contributed by atoms with van der Waals surface area (Å²) in [5, 5.41) is 0. The summed E-state index contributed by atoms with van der Waals surface area (Å²) in [5.41, 5.74) is 5.05. The van der Waals surface area contributed by atoms with E-state index in [0.29, 0.717) is 42.9 Å². The Morgan fingerprint density at radius 2 is 1.62 bits per heavy atom. The molecule has 0 aromatic rings. The third-order valence-corrected chi connectivity index (χ3v) is 5.39. The first-order valence-corrected chi connectivity index (χ1v) is 10.4. The second-order valence-corrected chi connectivity index (χ2v) is 8.01. The fourth-order valence-electron chi connectivity index (χ4n) is 3.34. The van der Waals surface area contributed by atoms with Crippen molar-refractivity contribution < 1.29 is 20.5 Å². The lowest BCUT2D eigenvalue weighted by atomic mass is 9.78. The summed E-state index contributed by atoms with van der Waals surface area (Å²) in [6.45, 7) is 8.71. The van der Waals surface area contributed by atoms with Gasteiger partial charge in [-0.25, -0.2) is 0 Å². The van der Waals surface area contributed by atoms with Crippen LogP contribution in [-0.2, 0) is 19.1 Å². The molecule has 0 aliphatic heterocycles. The van der Waals surface area contributed by atoms with Crippen molar-refractivity contribution in [3.63, 3.8) is 0 Å². The molecule has 0 radical (unpaired) electrons. The number of carbonyl (C=O) groups excluding carboxylic acids is 2. The summed E-state index contributed by atoms with van der Waals surface area (Å²) < 4.78 is 11.3. The number of rotatable bonds is 9. The molecule has 2 fully saturated rings.